The third-order valence-electron chi connectivity index (χ3n) is 3.29. The standard InChI is InChI=1S/C16H15NO2/c1-2-14(18)16-7-6-15(19-16)12-5-3-4-11-8-9-17-10-13(11)12/h3-10,14,18H,2H2,1H3. The van der Waals surface area contributed by atoms with Gasteiger partial charge in [-0.05, 0) is 30.0 Å². The Kier molecular flexibility index (Phi) is 3.05. The number of pyridine rings is 1. The number of rotatable bonds is 3. The highest BCUT2D eigenvalue weighted by molar-refractivity contribution is 5.94. The lowest BCUT2D eigenvalue weighted by Crippen LogP contribution is -1.91. The Labute approximate surface area is 111 Å². The molecular weight excluding hydrogens is 238 g/mol. The number of hydrogen-bond donors (Lipinski definition) is 1. The van der Waals surface area contributed by atoms with Crippen LogP contribution < -0.4 is 0 Å². The maximum atomic E-state index is 9.80. The van der Waals surface area contributed by atoms with E-state index in [-0.39, 0.29) is 0 Å². The summed E-state index contributed by atoms with van der Waals surface area (Å²) in [5, 5.41) is 12.0. The van der Waals surface area contributed by atoms with Gasteiger partial charge in [-0.3, -0.25) is 4.98 Å². The van der Waals surface area contributed by atoms with E-state index in [1.165, 1.54) is 0 Å². The third-order valence-corrected chi connectivity index (χ3v) is 3.29. The molecule has 0 fully saturated rings. The Morgan fingerprint density at radius 3 is 2.95 bits per heavy atom. The summed E-state index contributed by atoms with van der Waals surface area (Å²) in [5.74, 6) is 1.37. The molecular formula is C16H15NO2. The van der Waals surface area contributed by atoms with Gasteiger partial charge in [0.15, 0.2) is 0 Å². The minimum atomic E-state index is -0.540. The minimum Gasteiger partial charge on any atom is -0.458 e. The van der Waals surface area contributed by atoms with E-state index < -0.39 is 6.10 Å². The molecule has 2 heterocycles. The molecule has 3 heteroatoms. The van der Waals surface area contributed by atoms with Crippen LogP contribution in [-0.4, -0.2) is 10.1 Å². The Hall–Kier alpha value is -2.13. The van der Waals surface area contributed by atoms with Crippen molar-refractivity contribution in [1.29, 1.82) is 0 Å². The van der Waals surface area contributed by atoms with Crippen molar-refractivity contribution in [1.82, 2.24) is 4.98 Å². The molecule has 0 aliphatic rings. The first-order chi connectivity index (χ1) is 9.29. The molecule has 96 valence electrons. The van der Waals surface area contributed by atoms with Crippen molar-refractivity contribution in [3.05, 3.63) is 54.6 Å². The van der Waals surface area contributed by atoms with Crippen molar-refractivity contribution in [2.24, 2.45) is 0 Å². The van der Waals surface area contributed by atoms with Gasteiger partial charge < -0.3 is 9.52 Å². The van der Waals surface area contributed by atoms with E-state index in [1.54, 1.807) is 6.20 Å². The van der Waals surface area contributed by atoms with Gasteiger partial charge in [0.05, 0.1) is 0 Å². The first-order valence-electron chi connectivity index (χ1n) is 6.40. The molecule has 0 spiro atoms. The Morgan fingerprint density at radius 2 is 2.11 bits per heavy atom. The second-order valence-corrected chi connectivity index (χ2v) is 4.53. The third kappa shape index (κ3) is 2.13. The van der Waals surface area contributed by atoms with Gasteiger partial charge in [-0.1, -0.05) is 25.1 Å². The molecule has 3 nitrogen and oxygen atoms in total. The number of aliphatic hydroxyl groups is 1. The second kappa shape index (κ2) is 4.86. The molecule has 3 aromatic rings. The van der Waals surface area contributed by atoms with Crippen molar-refractivity contribution in [2.45, 2.75) is 19.4 Å². The van der Waals surface area contributed by atoms with E-state index in [4.69, 9.17) is 4.42 Å². The van der Waals surface area contributed by atoms with Crippen LogP contribution in [0.25, 0.3) is 22.1 Å². The van der Waals surface area contributed by atoms with Crippen molar-refractivity contribution >= 4 is 10.8 Å². The maximum absolute atomic E-state index is 9.80. The van der Waals surface area contributed by atoms with Crippen molar-refractivity contribution in [3.8, 4) is 11.3 Å². The summed E-state index contributed by atoms with van der Waals surface area (Å²) >= 11 is 0. The van der Waals surface area contributed by atoms with Gasteiger partial charge >= 0.3 is 0 Å². The summed E-state index contributed by atoms with van der Waals surface area (Å²) in [5.41, 5.74) is 1.00. The lowest BCUT2D eigenvalue weighted by Gasteiger charge is -2.05. The molecule has 0 bridgehead atoms. The topological polar surface area (TPSA) is 46.3 Å². The molecule has 0 radical (unpaired) electrons. The molecule has 1 N–H and O–H groups in total. The zero-order chi connectivity index (χ0) is 13.2. The van der Waals surface area contributed by atoms with Crippen LogP contribution in [0.2, 0.25) is 0 Å². The number of benzene rings is 1. The van der Waals surface area contributed by atoms with Gasteiger partial charge in [0.25, 0.3) is 0 Å². The molecule has 0 saturated heterocycles. The number of fused-ring (bicyclic) bond motifs is 1. The highest BCUT2D eigenvalue weighted by Gasteiger charge is 2.12. The number of aromatic nitrogens is 1. The highest BCUT2D eigenvalue weighted by atomic mass is 16.4. The van der Waals surface area contributed by atoms with Gasteiger partial charge in [0.1, 0.15) is 17.6 Å². The summed E-state index contributed by atoms with van der Waals surface area (Å²) in [4.78, 5) is 4.17. The smallest absolute Gasteiger partial charge is 0.135 e. The fourth-order valence-corrected chi connectivity index (χ4v) is 2.21. The molecule has 1 atom stereocenters. The van der Waals surface area contributed by atoms with Crippen LogP contribution >= 0.6 is 0 Å². The van der Waals surface area contributed by atoms with Crippen LogP contribution in [0.15, 0.2) is 53.2 Å². The van der Waals surface area contributed by atoms with E-state index in [9.17, 15) is 5.11 Å². The first-order valence-corrected chi connectivity index (χ1v) is 6.40. The summed E-state index contributed by atoms with van der Waals surface area (Å²) < 4.78 is 5.75. The summed E-state index contributed by atoms with van der Waals surface area (Å²) in [6, 6.07) is 11.8. The lowest BCUT2D eigenvalue weighted by molar-refractivity contribution is 0.147. The fourth-order valence-electron chi connectivity index (χ4n) is 2.21. The molecule has 1 unspecified atom stereocenters. The average Bonchev–Trinajstić information content (AvgIpc) is 2.95. The second-order valence-electron chi connectivity index (χ2n) is 4.53. The van der Waals surface area contributed by atoms with Crippen LogP contribution in [0.5, 0.6) is 0 Å². The van der Waals surface area contributed by atoms with Gasteiger partial charge in [-0.2, -0.15) is 0 Å². The highest BCUT2D eigenvalue weighted by Crippen LogP contribution is 2.31. The monoisotopic (exact) mass is 253 g/mol. The van der Waals surface area contributed by atoms with Crippen molar-refractivity contribution < 1.29 is 9.52 Å². The molecule has 3 rings (SSSR count). The van der Waals surface area contributed by atoms with Gasteiger partial charge in [0.2, 0.25) is 0 Å². The lowest BCUT2D eigenvalue weighted by atomic mass is 10.1. The van der Waals surface area contributed by atoms with E-state index in [0.717, 1.165) is 22.1 Å². The van der Waals surface area contributed by atoms with Crippen molar-refractivity contribution in [3.63, 3.8) is 0 Å². The molecule has 0 aliphatic carbocycles. The molecule has 2 aromatic heterocycles. The van der Waals surface area contributed by atoms with E-state index in [0.29, 0.717) is 12.2 Å². The first kappa shape index (κ1) is 11.9. The predicted molar refractivity (Wildman–Crippen MR) is 74.7 cm³/mol. The van der Waals surface area contributed by atoms with Crippen molar-refractivity contribution in [2.75, 3.05) is 0 Å². The average molecular weight is 253 g/mol. The normalized spacial score (nSPS) is 12.7. The zero-order valence-corrected chi connectivity index (χ0v) is 10.7. The van der Waals surface area contributed by atoms with E-state index in [1.807, 2.05) is 49.5 Å². The number of hydrogen-bond acceptors (Lipinski definition) is 3. The maximum Gasteiger partial charge on any atom is 0.135 e. The summed E-state index contributed by atoms with van der Waals surface area (Å²) in [6.07, 6.45) is 3.72. The SMILES string of the molecule is CCC(O)c1ccc(-c2cccc3ccncc23)o1. The molecule has 19 heavy (non-hydrogen) atoms. The summed E-state index contributed by atoms with van der Waals surface area (Å²) in [7, 11) is 0. The van der Waals surface area contributed by atoms with E-state index >= 15 is 0 Å². The largest absolute Gasteiger partial charge is 0.458 e. The Morgan fingerprint density at radius 1 is 1.21 bits per heavy atom. The van der Waals surface area contributed by atoms with Gasteiger partial charge in [0, 0.05) is 23.3 Å². The quantitative estimate of drug-likeness (QED) is 0.769. The summed E-state index contributed by atoms with van der Waals surface area (Å²) in [6.45, 7) is 1.93. The Balaban J connectivity index is 2.12. The number of aliphatic hydroxyl groups excluding tert-OH is 1. The van der Waals surface area contributed by atoms with Crippen LogP contribution in [0.3, 0.4) is 0 Å². The molecule has 0 amide bonds. The number of nitrogens with zero attached hydrogens (tertiary/aromatic N) is 1. The van der Waals surface area contributed by atoms with Gasteiger partial charge in [-0.15, -0.1) is 0 Å². The van der Waals surface area contributed by atoms with Crippen LogP contribution in [0.4, 0.5) is 0 Å². The zero-order valence-electron chi connectivity index (χ0n) is 10.7. The number of furan rings is 1. The molecule has 0 aliphatic heterocycles. The van der Waals surface area contributed by atoms with Crippen LogP contribution in [-0.2, 0) is 0 Å². The fraction of sp³-hybridized carbons (Fsp3) is 0.188. The van der Waals surface area contributed by atoms with E-state index in [2.05, 4.69) is 4.98 Å². The Bertz CT molecular complexity index is 697. The minimum absolute atomic E-state index is 0.540. The molecule has 0 saturated carbocycles. The van der Waals surface area contributed by atoms with Crippen LogP contribution in [0, 0.1) is 0 Å². The predicted octanol–water partition coefficient (Wildman–Crippen LogP) is 3.94. The van der Waals surface area contributed by atoms with Gasteiger partial charge in [-0.25, -0.2) is 0 Å². The van der Waals surface area contributed by atoms with Crippen LogP contribution in [0.1, 0.15) is 25.2 Å². The molecule has 1 aromatic carbocycles.